The minimum atomic E-state index is -0.763. The van der Waals surface area contributed by atoms with Crippen molar-refractivity contribution in [2.75, 3.05) is 13.2 Å². The average molecular weight is 725 g/mol. The monoisotopic (exact) mass is 725 g/mol. The van der Waals surface area contributed by atoms with Gasteiger partial charge in [0.2, 0.25) is 0 Å². The predicted molar refractivity (Wildman–Crippen MR) is 219 cm³/mol. The molecule has 1 unspecified atom stereocenters. The SMILES string of the molecule is C.C.CCCCCCCC/C=C\CCCCCCCC(=O)OC(COC(=O)CCC)COC(=O)CCCCCCCCCCCCCCCCC. The van der Waals surface area contributed by atoms with Crippen molar-refractivity contribution in [1.29, 1.82) is 0 Å². The van der Waals surface area contributed by atoms with E-state index in [2.05, 4.69) is 26.0 Å². The molecule has 0 saturated heterocycles. The van der Waals surface area contributed by atoms with E-state index >= 15 is 0 Å². The van der Waals surface area contributed by atoms with E-state index in [-0.39, 0.29) is 46.0 Å². The Balaban J connectivity index is -0.0000115. The number of carbonyl (C=O) groups excluding carboxylic acids is 3. The normalized spacial score (nSPS) is 11.5. The number of unbranched alkanes of at least 4 members (excludes halogenated alkanes) is 25. The van der Waals surface area contributed by atoms with Gasteiger partial charge in [-0.2, -0.15) is 0 Å². The molecule has 6 nitrogen and oxygen atoms in total. The van der Waals surface area contributed by atoms with Gasteiger partial charge in [-0.05, 0) is 44.9 Å². The molecule has 0 aromatic heterocycles. The summed E-state index contributed by atoms with van der Waals surface area (Å²) in [5, 5.41) is 0. The van der Waals surface area contributed by atoms with Gasteiger partial charge in [-0.25, -0.2) is 0 Å². The van der Waals surface area contributed by atoms with Gasteiger partial charge >= 0.3 is 17.9 Å². The minimum Gasteiger partial charge on any atom is -0.462 e. The van der Waals surface area contributed by atoms with Crippen LogP contribution in [0.2, 0.25) is 0 Å². The second-order valence-corrected chi connectivity index (χ2v) is 14.3. The Hall–Kier alpha value is -1.85. The molecule has 0 radical (unpaired) electrons. The third-order valence-corrected chi connectivity index (χ3v) is 9.24. The molecule has 0 spiro atoms. The molecule has 304 valence electrons. The lowest BCUT2D eigenvalue weighted by Gasteiger charge is -2.18. The highest BCUT2D eigenvalue weighted by molar-refractivity contribution is 5.71. The van der Waals surface area contributed by atoms with Gasteiger partial charge in [0.15, 0.2) is 6.10 Å². The zero-order chi connectivity index (χ0) is 35.9. The molecule has 0 bridgehead atoms. The number of allylic oxidation sites excluding steroid dienone is 2. The summed E-state index contributed by atoms with van der Waals surface area (Å²) in [6.07, 6.45) is 40.4. The van der Waals surface area contributed by atoms with E-state index in [0.717, 1.165) is 44.9 Å². The highest BCUT2D eigenvalue weighted by atomic mass is 16.6. The van der Waals surface area contributed by atoms with Gasteiger partial charge in [0, 0.05) is 19.3 Å². The lowest BCUT2D eigenvalue weighted by molar-refractivity contribution is -0.167. The molecular weight excluding hydrogens is 636 g/mol. The Bertz CT molecular complexity index is 764. The first-order valence-electron chi connectivity index (χ1n) is 21.2. The molecule has 0 aliphatic rings. The number of rotatable bonds is 38. The van der Waals surface area contributed by atoms with Crippen molar-refractivity contribution in [2.24, 2.45) is 0 Å². The molecular formula is C45H88O6. The highest BCUT2D eigenvalue weighted by Gasteiger charge is 2.19. The fraction of sp³-hybridized carbons (Fsp3) is 0.889. The molecule has 0 saturated carbocycles. The van der Waals surface area contributed by atoms with E-state index in [1.54, 1.807) is 0 Å². The van der Waals surface area contributed by atoms with Crippen LogP contribution in [0.4, 0.5) is 0 Å². The highest BCUT2D eigenvalue weighted by Crippen LogP contribution is 2.15. The smallest absolute Gasteiger partial charge is 0.306 e. The molecule has 0 aliphatic heterocycles. The van der Waals surface area contributed by atoms with Gasteiger partial charge in [-0.15, -0.1) is 0 Å². The molecule has 0 aliphatic carbocycles. The number of esters is 3. The van der Waals surface area contributed by atoms with E-state index in [1.807, 2.05) is 6.92 Å². The quantitative estimate of drug-likeness (QED) is 0.0273. The summed E-state index contributed by atoms with van der Waals surface area (Å²) in [5.41, 5.74) is 0. The topological polar surface area (TPSA) is 78.9 Å². The van der Waals surface area contributed by atoms with Crippen LogP contribution in [-0.2, 0) is 28.6 Å². The Kier molecular flexibility index (Phi) is 46.5. The molecule has 6 heteroatoms. The van der Waals surface area contributed by atoms with Gasteiger partial charge in [0.25, 0.3) is 0 Å². The average Bonchev–Trinajstić information content (AvgIpc) is 3.09. The molecule has 51 heavy (non-hydrogen) atoms. The van der Waals surface area contributed by atoms with Crippen molar-refractivity contribution < 1.29 is 28.6 Å². The summed E-state index contributed by atoms with van der Waals surface area (Å²) in [4.78, 5) is 36.8. The lowest BCUT2D eigenvalue weighted by Crippen LogP contribution is -2.30. The maximum atomic E-state index is 12.5. The van der Waals surface area contributed by atoms with Crippen LogP contribution in [0.5, 0.6) is 0 Å². The largest absolute Gasteiger partial charge is 0.462 e. The molecule has 1 atom stereocenters. The third kappa shape index (κ3) is 42.5. The van der Waals surface area contributed by atoms with Gasteiger partial charge in [-0.1, -0.05) is 189 Å². The maximum absolute atomic E-state index is 12.5. The first kappa shape index (κ1) is 53.5. The van der Waals surface area contributed by atoms with Gasteiger partial charge in [-0.3, -0.25) is 14.4 Å². The van der Waals surface area contributed by atoms with Crippen LogP contribution in [0.25, 0.3) is 0 Å². The Morgan fingerprint density at radius 3 is 1.08 bits per heavy atom. The zero-order valence-corrected chi connectivity index (χ0v) is 32.7. The van der Waals surface area contributed by atoms with Gasteiger partial charge in [0.05, 0.1) is 0 Å². The number of ether oxygens (including phenoxy) is 3. The second kappa shape index (κ2) is 44.3. The second-order valence-electron chi connectivity index (χ2n) is 14.3. The predicted octanol–water partition coefficient (Wildman–Crippen LogP) is 14.4. The summed E-state index contributed by atoms with van der Waals surface area (Å²) in [5.74, 6) is -0.939. The third-order valence-electron chi connectivity index (χ3n) is 9.24. The van der Waals surface area contributed by atoms with Crippen LogP contribution in [0.3, 0.4) is 0 Å². The van der Waals surface area contributed by atoms with Crippen LogP contribution in [-0.4, -0.2) is 37.2 Å². The fourth-order valence-corrected chi connectivity index (χ4v) is 6.06. The standard InChI is InChI=1S/C43H80O6.2CH4/c1-4-7-9-11-13-15-17-19-21-23-25-27-29-31-33-36-42(45)48-39-40(38-47-41(44)35-6-3)49-43(46)37-34-32-30-28-26-24-22-20-18-16-14-12-10-8-5-2;;/h20,22,40H,4-19,21,23-39H2,1-3H3;2*1H4/b22-20-;;. The molecule has 0 heterocycles. The van der Waals surface area contributed by atoms with Crippen molar-refractivity contribution >= 4 is 17.9 Å². The summed E-state index contributed by atoms with van der Waals surface area (Å²) in [6, 6.07) is 0. The lowest BCUT2D eigenvalue weighted by atomic mass is 10.0. The van der Waals surface area contributed by atoms with Crippen molar-refractivity contribution in [1.82, 2.24) is 0 Å². The molecule has 0 amide bonds. The van der Waals surface area contributed by atoms with E-state index < -0.39 is 6.10 Å². The van der Waals surface area contributed by atoms with Gasteiger partial charge < -0.3 is 14.2 Å². The van der Waals surface area contributed by atoms with Crippen molar-refractivity contribution in [2.45, 2.75) is 247 Å². The van der Waals surface area contributed by atoms with Gasteiger partial charge in [0.1, 0.15) is 13.2 Å². The first-order chi connectivity index (χ1) is 24.0. The number of hydrogen-bond acceptors (Lipinski definition) is 6. The van der Waals surface area contributed by atoms with E-state index in [1.165, 1.54) is 135 Å². The van der Waals surface area contributed by atoms with Crippen molar-refractivity contribution in [3.05, 3.63) is 12.2 Å². The Labute approximate surface area is 318 Å². The van der Waals surface area contributed by atoms with Crippen LogP contribution < -0.4 is 0 Å². The Morgan fingerprint density at radius 2 is 0.706 bits per heavy atom. The van der Waals surface area contributed by atoms with E-state index in [0.29, 0.717) is 25.7 Å². The summed E-state index contributed by atoms with van der Waals surface area (Å²) in [7, 11) is 0. The summed E-state index contributed by atoms with van der Waals surface area (Å²) in [6.45, 7) is 6.28. The molecule has 0 aromatic carbocycles. The summed E-state index contributed by atoms with van der Waals surface area (Å²) < 4.78 is 16.3. The molecule has 0 rings (SSSR count). The van der Waals surface area contributed by atoms with Crippen LogP contribution in [0.1, 0.15) is 241 Å². The molecule has 0 N–H and O–H groups in total. The van der Waals surface area contributed by atoms with E-state index in [4.69, 9.17) is 14.2 Å². The maximum Gasteiger partial charge on any atom is 0.306 e. The van der Waals surface area contributed by atoms with E-state index in [9.17, 15) is 14.4 Å². The van der Waals surface area contributed by atoms with Crippen LogP contribution >= 0.6 is 0 Å². The zero-order valence-electron chi connectivity index (χ0n) is 32.7. The van der Waals surface area contributed by atoms with Crippen LogP contribution in [0.15, 0.2) is 12.2 Å². The fourth-order valence-electron chi connectivity index (χ4n) is 6.06. The minimum absolute atomic E-state index is 0. The first-order valence-corrected chi connectivity index (χ1v) is 21.2. The number of hydrogen-bond donors (Lipinski definition) is 0. The number of carbonyl (C=O) groups is 3. The molecule has 0 aromatic rings. The van der Waals surface area contributed by atoms with Crippen molar-refractivity contribution in [3.63, 3.8) is 0 Å². The Morgan fingerprint density at radius 1 is 0.392 bits per heavy atom. The van der Waals surface area contributed by atoms with Crippen LogP contribution in [0, 0.1) is 0 Å². The van der Waals surface area contributed by atoms with Crippen molar-refractivity contribution in [3.8, 4) is 0 Å². The summed E-state index contributed by atoms with van der Waals surface area (Å²) >= 11 is 0. The molecule has 0 fully saturated rings.